The molecule has 1 heterocycles. The Bertz CT molecular complexity index is 821. The third kappa shape index (κ3) is 4.49. The third-order valence-electron chi connectivity index (χ3n) is 4.00. The zero-order valence-corrected chi connectivity index (χ0v) is 14.8. The van der Waals surface area contributed by atoms with Gasteiger partial charge in [-0.1, -0.05) is 13.8 Å². The number of carbonyl (C=O) groups is 2. The molecule has 1 atom stereocenters. The number of fused-ring (bicyclic) bond motifs is 1. The Balaban J connectivity index is 2.29. The smallest absolute Gasteiger partial charge is 0.308 e. The molecule has 7 heteroatoms. The maximum absolute atomic E-state index is 13.8. The monoisotopic (exact) mass is 347 g/mol. The van der Waals surface area contributed by atoms with Crippen LogP contribution in [0.1, 0.15) is 42.0 Å². The van der Waals surface area contributed by atoms with Crippen LogP contribution in [0.3, 0.4) is 0 Å². The molecule has 25 heavy (non-hydrogen) atoms. The molecule has 0 spiro atoms. The number of nitrogens with one attached hydrogen (secondary N) is 1. The minimum atomic E-state index is -0.968. The van der Waals surface area contributed by atoms with Gasteiger partial charge in [0.05, 0.1) is 28.4 Å². The van der Waals surface area contributed by atoms with Gasteiger partial charge < -0.3 is 10.4 Å². The lowest BCUT2D eigenvalue weighted by Crippen LogP contribution is -2.34. The standard InChI is InChI=1S/C18H22FN3O3/c1-9(2)5-12(18(24)25)8-20-17(23)14-6-13(19)7-15-16(14)22-11(4)10(3)21-15/h6-7,9,12H,5,8H2,1-4H3,(H,20,23)(H,24,25). The molecule has 2 aromatic rings. The second kappa shape index (κ2) is 7.55. The van der Waals surface area contributed by atoms with Gasteiger partial charge in [-0.3, -0.25) is 9.59 Å². The first-order valence-electron chi connectivity index (χ1n) is 8.14. The molecule has 0 aliphatic carbocycles. The van der Waals surface area contributed by atoms with E-state index in [1.807, 2.05) is 13.8 Å². The first kappa shape index (κ1) is 18.8. The van der Waals surface area contributed by atoms with Crippen LogP contribution in [0.25, 0.3) is 11.0 Å². The molecule has 0 bridgehead atoms. The van der Waals surface area contributed by atoms with Gasteiger partial charge in [-0.2, -0.15) is 0 Å². The number of benzene rings is 1. The number of hydrogen-bond acceptors (Lipinski definition) is 4. The van der Waals surface area contributed by atoms with Gasteiger partial charge in [0.1, 0.15) is 11.3 Å². The summed E-state index contributed by atoms with van der Waals surface area (Å²) < 4.78 is 13.8. The Morgan fingerprint density at radius 1 is 1.20 bits per heavy atom. The molecule has 2 rings (SSSR count). The zero-order valence-electron chi connectivity index (χ0n) is 14.8. The second-order valence-corrected chi connectivity index (χ2v) is 6.59. The lowest BCUT2D eigenvalue weighted by Gasteiger charge is -2.16. The summed E-state index contributed by atoms with van der Waals surface area (Å²) in [6.07, 6.45) is 0.442. The molecule has 134 valence electrons. The average Bonchev–Trinajstić information content (AvgIpc) is 2.51. The van der Waals surface area contributed by atoms with Crippen LogP contribution in [0.4, 0.5) is 4.39 Å². The number of amides is 1. The molecule has 1 amide bonds. The molecule has 0 aliphatic rings. The van der Waals surface area contributed by atoms with Crippen LogP contribution in [-0.4, -0.2) is 33.5 Å². The Morgan fingerprint density at radius 3 is 2.44 bits per heavy atom. The zero-order chi connectivity index (χ0) is 18.7. The Morgan fingerprint density at radius 2 is 1.84 bits per heavy atom. The fourth-order valence-electron chi connectivity index (χ4n) is 2.62. The fourth-order valence-corrected chi connectivity index (χ4v) is 2.62. The lowest BCUT2D eigenvalue weighted by molar-refractivity contribution is -0.142. The van der Waals surface area contributed by atoms with Gasteiger partial charge in [0.2, 0.25) is 0 Å². The summed E-state index contributed by atoms with van der Waals surface area (Å²) in [5.41, 5.74) is 1.96. The molecular weight excluding hydrogens is 325 g/mol. The van der Waals surface area contributed by atoms with E-state index in [-0.39, 0.29) is 18.0 Å². The van der Waals surface area contributed by atoms with Crippen molar-refractivity contribution in [2.24, 2.45) is 11.8 Å². The van der Waals surface area contributed by atoms with E-state index >= 15 is 0 Å². The second-order valence-electron chi connectivity index (χ2n) is 6.59. The summed E-state index contributed by atoms with van der Waals surface area (Å²) in [4.78, 5) is 32.4. The number of carboxylic acids is 1. The predicted octanol–water partition coefficient (Wildman–Crippen LogP) is 2.86. The van der Waals surface area contributed by atoms with Crippen LogP contribution in [0.2, 0.25) is 0 Å². The van der Waals surface area contributed by atoms with Crippen molar-refractivity contribution in [1.82, 2.24) is 15.3 Å². The number of hydrogen-bond donors (Lipinski definition) is 2. The van der Waals surface area contributed by atoms with Crippen LogP contribution in [0.15, 0.2) is 12.1 Å². The summed E-state index contributed by atoms with van der Waals surface area (Å²) in [6, 6.07) is 2.32. The first-order valence-corrected chi connectivity index (χ1v) is 8.14. The van der Waals surface area contributed by atoms with Gasteiger partial charge >= 0.3 is 5.97 Å². The predicted molar refractivity (Wildman–Crippen MR) is 91.9 cm³/mol. The molecule has 0 fully saturated rings. The highest BCUT2D eigenvalue weighted by atomic mass is 19.1. The van der Waals surface area contributed by atoms with Crippen molar-refractivity contribution in [3.63, 3.8) is 0 Å². The molecule has 0 radical (unpaired) electrons. The van der Waals surface area contributed by atoms with E-state index in [1.165, 1.54) is 6.07 Å². The van der Waals surface area contributed by atoms with Gasteiger partial charge in [0.25, 0.3) is 5.91 Å². The molecule has 0 aliphatic heterocycles. The molecule has 0 saturated heterocycles. The average molecular weight is 347 g/mol. The van der Waals surface area contributed by atoms with E-state index in [4.69, 9.17) is 0 Å². The van der Waals surface area contributed by atoms with Gasteiger partial charge in [0, 0.05) is 12.6 Å². The molecule has 1 aromatic heterocycles. The van der Waals surface area contributed by atoms with E-state index in [2.05, 4.69) is 15.3 Å². The van der Waals surface area contributed by atoms with E-state index in [0.717, 1.165) is 6.07 Å². The summed E-state index contributed by atoms with van der Waals surface area (Å²) in [5.74, 6) is -2.63. The normalized spacial score (nSPS) is 12.4. The van der Waals surface area contributed by atoms with Crippen LogP contribution in [-0.2, 0) is 4.79 Å². The quantitative estimate of drug-likeness (QED) is 0.838. The van der Waals surface area contributed by atoms with E-state index in [9.17, 15) is 19.1 Å². The first-order chi connectivity index (χ1) is 11.7. The van der Waals surface area contributed by atoms with Gasteiger partial charge in [-0.05, 0) is 32.3 Å². The minimum Gasteiger partial charge on any atom is -0.481 e. The maximum Gasteiger partial charge on any atom is 0.308 e. The van der Waals surface area contributed by atoms with Gasteiger partial charge in [0.15, 0.2) is 0 Å². The Hall–Kier alpha value is -2.57. The van der Waals surface area contributed by atoms with Gasteiger partial charge in [-0.25, -0.2) is 14.4 Å². The van der Waals surface area contributed by atoms with Crippen LogP contribution in [0.5, 0.6) is 0 Å². The van der Waals surface area contributed by atoms with Crippen molar-refractivity contribution < 1.29 is 19.1 Å². The lowest BCUT2D eigenvalue weighted by atomic mass is 9.97. The van der Waals surface area contributed by atoms with Crippen LogP contribution in [0, 0.1) is 31.5 Å². The summed E-state index contributed by atoms with van der Waals surface area (Å²) in [6.45, 7) is 7.32. The number of aryl methyl sites for hydroxylation is 2. The largest absolute Gasteiger partial charge is 0.481 e. The topological polar surface area (TPSA) is 92.2 Å². The highest BCUT2D eigenvalue weighted by Gasteiger charge is 2.21. The maximum atomic E-state index is 13.8. The van der Waals surface area contributed by atoms with E-state index < -0.39 is 23.6 Å². The molecule has 0 saturated carbocycles. The highest BCUT2D eigenvalue weighted by Crippen LogP contribution is 2.19. The molecule has 2 N–H and O–H groups in total. The van der Waals surface area contributed by atoms with Gasteiger partial charge in [-0.15, -0.1) is 0 Å². The van der Waals surface area contributed by atoms with Crippen molar-refractivity contribution in [3.05, 3.63) is 34.9 Å². The molecular formula is C18H22FN3O3. The van der Waals surface area contributed by atoms with Crippen molar-refractivity contribution in [2.75, 3.05) is 6.54 Å². The number of halogens is 1. The fraction of sp³-hybridized carbons (Fsp3) is 0.444. The minimum absolute atomic E-state index is 0.0252. The summed E-state index contributed by atoms with van der Waals surface area (Å²) in [5, 5.41) is 11.8. The molecule has 6 nitrogen and oxygen atoms in total. The van der Waals surface area contributed by atoms with Crippen molar-refractivity contribution in [3.8, 4) is 0 Å². The van der Waals surface area contributed by atoms with Crippen molar-refractivity contribution in [1.29, 1.82) is 0 Å². The van der Waals surface area contributed by atoms with Crippen molar-refractivity contribution >= 4 is 22.9 Å². The summed E-state index contributed by atoms with van der Waals surface area (Å²) >= 11 is 0. The molecule has 1 aromatic carbocycles. The van der Waals surface area contributed by atoms with Crippen molar-refractivity contribution in [2.45, 2.75) is 34.1 Å². The number of carboxylic acid groups (broad SMARTS) is 1. The van der Waals surface area contributed by atoms with Crippen LogP contribution >= 0.6 is 0 Å². The molecule has 1 unspecified atom stereocenters. The highest BCUT2D eigenvalue weighted by molar-refractivity contribution is 6.04. The number of carbonyl (C=O) groups excluding carboxylic acids is 1. The van der Waals surface area contributed by atoms with E-state index in [1.54, 1.807) is 13.8 Å². The van der Waals surface area contributed by atoms with Crippen LogP contribution < -0.4 is 5.32 Å². The number of aromatic nitrogens is 2. The Kier molecular flexibility index (Phi) is 5.66. The number of rotatable bonds is 6. The number of aliphatic carboxylic acids is 1. The Labute approximate surface area is 145 Å². The summed E-state index contributed by atoms with van der Waals surface area (Å²) in [7, 11) is 0. The van der Waals surface area contributed by atoms with E-state index in [0.29, 0.717) is 28.8 Å². The SMILES string of the molecule is Cc1nc2cc(F)cc(C(=O)NCC(CC(C)C)C(=O)O)c2nc1C. The third-order valence-corrected chi connectivity index (χ3v) is 4.00. The number of nitrogens with zero attached hydrogens (tertiary/aromatic N) is 2.